The molecule has 0 amide bonds. The van der Waals surface area contributed by atoms with Gasteiger partial charge >= 0.3 is 7.48 Å². The smallest absolute Gasteiger partial charge is 0.330 e. The number of thioether (sulfide) groups is 1. The molecule has 0 fully saturated rings. The Labute approximate surface area is 171 Å². The lowest BCUT2D eigenvalue weighted by Crippen LogP contribution is -2.49. The Balaban J connectivity index is 1.57. The normalized spacial score (nSPS) is 16.7. The summed E-state index contributed by atoms with van der Waals surface area (Å²) in [4.78, 5) is 1.28. The monoisotopic (exact) mass is 390 g/mol. The average molecular weight is 390 g/mol. The molecule has 1 unspecified atom stereocenters. The van der Waals surface area contributed by atoms with Gasteiger partial charge in [0.05, 0.1) is 16.9 Å². The Bertz CT molecular complexity index is 999. The maximum absolute atomic E-state index is 10.3. The van der Waals surface area contributed by atoms with Crippen LogP contribution in [0.2, 0.25) is 0 Å². The topological polar surface area (TPSA) is 41.5 Å². The van der Waals surface area contributed by atoms with Gasteiger partial charge in [-0.25, -0.2) is 0 Å². The molecular weight excluding hydrogens is 365 g/mol. The zero-order chi connectivity index (χ0) is 19.9. The van der Waals surface area contributed by atoms with E-state index in [4.69, 9.17) is 4.65 Å². The summed E-state index contributed by atoms with van der Waals surface area (Å²) in [7, 11) is 1.74. The lowest BCUT2D eigenvalue weighted by atomic mass is 9.82. The van der Waals surface area contributed by atoms with Crippen molar-refractivity contribution in [3.63, 3.8) is 0 Å². The van der Waals surface area contributed by atoms with Crippen molar-refractivity contribution >= 4 is 41.2 Å². The third kappa shape index (κ3) is 3.67. The summed E-state index contributed by atoms with van der Waals surface area (Å²) in [5.41, 5.74) is 1.84. The third-order valence-electron chi connectivity index (χ3n) is 5.59. The van der Waals surface area contributed by atoms with Gasteiger partial charge in [0.25, 0.3) is 0 Å². The molecule has 5 heteroatoms. The van der Waals surface area contributed by atoms with Gasteiger partial charge in [-0.15, -0.1) is 0 Å². The summed E-state index contributed by atoms with van der Waals surface area (Å²) in [6, 6.07) is 21.2. The van der Waals surface area contributed by atoms with Gasteiger partial charge in [-0.3, -0.25) is 0 Å². The van der Waals surface area contributed by atoms with Crippen LogP contribution in [-0.2, 0) is 4.65 Å². The second kappa shape index (κ2) is 7.14. The predicted molar refractivity (Wildman–Crippen MR) is 119 cm³/mol. The van der Waals surface area contributed by atoms with Gasteiger partial charge in [0.2, 0.25) is 0 Å². The Morgan fingerprint density at radius 1 is 1.00 bits per heavy atom. The molecule has 3 aromatic rings. The molecule has 1 radical (unpaired) electrons. The first-order valence-electron chi connectivity index (χ1n) is 9.53. The molecule has 143 valence electrons. The van der Waals surface area contributed by atoms with Crippen molar-refractivity contribution in [2.24, 2.45) is 0 Å². The summed E-state index contributed by atoms with van der Waals surface area (Å²) in [5, 5.41) is 16.6. The molecule has 3 aromatic carbocycles. The molecule has 0 saturated heterocycles. The quantitative estimate of drug-likeness (QED) is 0.610. The third-order valence-corrected chi connectivity index (χ3v) is 6.81. The minimum atomic E-state index is -0.936. The number of benzene rings is 3. The summed E-state index contributed by atoms with van der Waals surface area (Å²) in [5.74, 6) is 0. The van der Waals surface area contributed by atoms with Crippen LogP contribution in [-0.4, -0.2) is 23.8 Å². The minimum Gasteiger partial charge on any atom is -0.427 e. The zero-order valence-corrected chi connectivity index (χ0v) is 17.5. The molecule has 0 aromatic heterocycles. The van der Waals surface area contributed by atoms with Crippen LogP contribution < -0.4 is 10.8 Å². The van der Waals surface area contributed by atoms with E-state index >= 15 is 0 Å². The van der Waals surface area contributed by atoms with Gasteiger partial charge in [0.1, 0.15) is 5.37 Å². The fourth-order valence-corrected chi connectivity index (χ4v) is 4.23. The van der Waals surface area contributed by atoms with E-state index < -0.39 is 11.2 Å². The van der Waals surface area contributed by atoms with Crippen LogP contribution in [0, 0.1) is 0 Å². The van der Waals surface area contributed by atoms with E-state index in [1.165, 1.54) is 26.9 Å². The number of aliphatic hydroxyl groups is 1. The Hall–Kier alpha value is -1.95. The maximum Gasteiger partial charge on any atom is 0.330 e. The van der Waals surface area contributed by atoms with Crippen LogP contribution in [0.3, 0.4) is 0 Å². The molecule has 4 rings (SSSR count). The summed E-state index contributed by atoms with van der Waals surface area (Å²) in [6.45, 7) is 7.30. The van der Waals surface area contributed by atoms with Gasteiger partial charge in [-0.1, -0.05) is 71.8 Å². The second-order valence-corrected chi connectivity index (χ2v) is 9.42. The van der Waals surface area contributed by atoms with Crippen LogP contribution in [0.4, 0.5) is 5.69 Å². The average Bonchev–Trinajstić information content (AvgIpc) is 3.11. The van der Waals surface area contributed by atoms with Crippen molar-refractivity contribution in [1.29, 1.82) is 0 Å². The maximum atomic E-state index is 10.3. The number of rotatable bonds is 5. The largest absolute Gasteiger partial charge is 0.427 e. The molecule has 1 heterocycles. The number of hydrogen-bond donors (Lipinski definition) is 2. The highest BCUT2D eigenvalue weighted by Crippen LogP contribution is 2.49. The van der Waals surface area contributed by atoms with E-state index in [0.29, 0.717) is 0 Å². The molecule has 2 N–H and O–H groups in total. The molecule has 1 atom stereocenters. The molecule has 3 nitrogen and oxygen atoms in total. The highest BCUT2D eigenvalue weighted by molar-refractivity contribution is 8.00. The standard InChI is InChI=1S/C23H25BNO2S/c1-22(2,26)23(3,4)27-24-17-11-12-18-16(14-17)10-13-19-20(18)25-21(28-19)15-8-6-5-7-9-15/h5-14,21,25-26H,1-4H3. The van der Waals surface area contributed by atoms with Crippen LogP contribution in [0.5, 0.6) is 0 Å². The number of fused-ring (bicyclic) bond motifs is 3. The fourth-order valence-electron chi connectivity index (χ4n) is 3.07. The Kier molecular flexibility index (Phi) is 4.94. The van der Waals surface area contributed by atoms with Gasteiger partial charge < -0.3 is 15.1 Å². The van der Waals surface area contributed by atoms with Gasteiger partial charge in [-0.05, 0) is 44.7 Å². The Morgan fingerprint density at radius 2 is 1.75 bits per heavy atom. The molecular formula is C23H25BNO2S. The van der Waals surface area contributed by atoms with Crippen molar-refractivity contribution < 1.29 is 9.76 Å². The summed E-state index contributed by atoms with van der Waals surface area (Å²) < 4.78 is 5.90. The predicted octanol–water partition coefficient (Wildman–Crippen LogP) is 4.87. The van der Waals surface area contributed by atoms with E-state index in [1.54, 1.807) is 21.3 Å². The van der Waals surface area contributed by atoms with E-state index in [-0.39, 0.29) is 5.37 Å². The van der Waals surface area contributed by atoms with Gasteiger partial charge in [0.15, 0.2) is 0 Å². The van der Waals surface area contributed by atoms with E-state index in [9.17, 15) is 5.11 Å². The van der Waals surface area contributed by atoms with E-state index in [2.05, 4.69) is 59.9 Å². The molecule has 0 saturated carbocycles. The van der Waals surface area contributed by atoms with E-state index in [1.807, 2.05) is 31.7 Å². The molecule has 1 aliphatic rings. The van der Waals surface area contributed by atoms with Gasteiger partial charge in [-0.2, -0.15) is 0 Å². The van der Waals surface area contributed by atoms with Crippen molar-refractivity contribution in [3.8, 4) is 0 Å². The fraction of sp³-hybridized carbons (Fsp3) is 0.304. The lowest BCUT2D eigenvalue weighted by molar-refractivity contribution is -0.0893. The van der Waals surface area contributed by atoms with E-state index in [0.717, 1.165) is 5.46 Å². The highest BCUT2D eigenvalue weighted by atomic mass is 32.2. The molecule has 28 heavy (non-hydrogen) atoms. The van der Waals surface area contributed by atoms with Crippen LogP contribution >= 0.6 is 11.8 Å². The van der Waals surface area contributed by atoms with Crippen LogP contribution in [0.15, 0.2) is 65.6 Å². The number of hydrogen-bond acceptors (Lipinski definition) is 4. The molecule has 1 aliphatic heterocycles. The van der Waals surface area contributed by atoms with Crippen molar-refractivity contribution in [2.75, 3.05) is 5.32 Å². The number of anilines is 1. The first-order chi connectivity index (χ1) is 13.2. The SMILES string of the molecule is CC(C)(O)C(C)(C)O[B]c1ccc2c3c(ccc2c1)SC(c1ccccc1)N3. The van der Waals surface area contributed by atoms with Crippen molar-refractivity contribution in [1.82, 2.24) is 0 Å². The number of nitrogens with one attached hydrogen (secondary N) is 1. The zero-order valence-electron chi connectivity index (χ0n) is 16.7. The second-order valence-electron chi connectivity index (χ2n) is 8.28. The van der Waals surface area contributed by atoms with Crippen LogP contribution in [0.25, 0.3) is 10.8 Å². The lowest BCUT2D eigenvalue weighted by Gasteiger charge is -2.37. The van der Waals surface area contributed by atoms with Crippen LogP contribution in [0.1, 0.15) is 38.6 Å². The van der Waals surface area contributed by atoms with Crippen molar-refractivity contribution in [3.05, 3.63) is 66.2 Å². The molecule has 0 aliphatic carbocycles. The Morgan fingerprint density at radius 3 is 2.46 bits per heavy atom. The van der Waals surface area contributed by atoms with Crippen molar-refractivity contribution in [2.45, 2.75) is 49.2 Å². The van der Waals surface area contributed by atoms with Gasteiger partial charge in [0, 0.05) is 10.3 Å². The summed E-state index contributed by atoms with van der Waals surface area (Å²) >= 11 is 1.85. The first kappa shape index (κ1) is 19.4. The molecule has 0 spiro atoms. The minimum absolute atomic E-state index is 0.240. The summed E-state index contributed by atoms with van der Waals surface area (Å²) in [6.07, 6.45) is 0. The highest BCUT2D eigenvalue weighted by Gasteiger charge is 2.35. The molecule has 0 bridgehead atoms. The first-order valence-corrected chi connectivity index (χ1v) is 10.4.